The number of hydrogen-bond donors (Lipinski definition) is 2. The molecule has 3 aromatic heterocycles. The minimum atomic E-state index is -0.107. The van der Waals surface area contributed by atoms with Gasteiger partial charge in [-0.3, -0.25) is 4.98 Å². The molecule has 170 valence electrons. The summed E-state index contributed by atoms with van der Waals surface area (Å²) in [5.74, 6) is 2.32. The quantitative estimate of drug-likeness (QED) is 0.477. The molecule has 0 radical (unpaired) electrons. The van der Waals surface area contributed by atoms with Crippen molar-refractivity contribution in [2.24, 2.45) is 5.92 Å². The highest BCUT2D eigenvalue weighted by Gasteiger charge is 2.34. The Balaban J connectivity index is 1.58. The summed E-state index contributed by atoms with van der Waals surface area (Å²) < 4.78 is 6.81. The molecule has 2 fully saturated rings. The van der Waals surface area contributed by atoms with E-state index in [2.05, 4.69) is 22.5 Å². The number of aromatic nitrogens is 4. The van der Waals surface area contributed by atoms with Crippen LogP contribution in [0.4, 0.5) is 11.8 Å². The molecule has 0 saturated heterocycles. The number of nitrogens with one attached hydrogen (secondary N) is 2. The zero-order valence-electron chi connectivity index (χ0n) is 19.2. The molecule has 32 heavy (non-hydrogen) atoms. The van der Waals surface area contributed by atoms with Gasteiger partial charge in [-0.1, -0.05) is 19.3 Å². The van der Waals surface area contributed by atoms with E-state index >= 15 is 0 Å². The predicted molar refractivity (Wildman–Crippen MR) is 130 cm³/mol. The van der Waals surface area contributed by atoms with Crippen LogP contribution >= 0.6 is 11.3 Å². The summed E-state index contributed by atoms with van der Waals surface area (Å²) in [5, 5.41) is 8.24. The number of methoxy groups -OCH3 is 1. The average molecular weight is 453 g/mol. The van der Waals surface area contributed by atoms with Crippen molar-refractivity contribution >= 4 is 33.3 Å². The molecule has 0 amide bonds. The Morgan fingerprint density at radius 1 is 1.09 bits per heavy atom. The predicted octanol–water partition coefficient (Wildman–Crippen LogP) is 5.35. The second kappa shape index (κ2) is 8.90. The second-order valence-electron chi connectivity index (χ2n) is 9.34. The van der Waals surface area contributed by atoms with Crippen LogP contribution in [-0.4, -0.2) is 45.7 Å². The Morgan fingerprint density at radius 3 is 2.62 bits per heavy atom. The van der Waals surface area contributed by atoms with E-state index in [-0.39, 0.29) is 5.54 Å². The highest BCUT2D eigenvalue weighted by atomic mass is 32.1. The summed E-state index contributed by atoms with van der Waals surface area (Å²) in [4.78, 5) is 19.2. The number of thiazole rings is 1. The van der Waals surface area contributed by atoms with Gasteiger partial charge in [0.05, 0.1) is 33.8 Å². The SMILES string of the molecule is COCC1(Nc2nc(NCC3CC3)nc(C)c2-c2nc3c(C)nccc3s2)CCCCC1. The third-order valence-corrected chi connectivity index (χ3v) is 7.69. The molecule has 0 atom stereocenters. The van der Waals surface area contributed by atoms with Crippen molar-refractivity contribution in [3.05, 3.63) is 23.7 Å². The van der Waals surface area contributed by atoms with E-state index < -0.39 is 0 Å². The van der Waals surface area contributed by atoms with Gasteiger partial charge < -0.3 is 15.4 Å². The standard InChI is InChI=1S/C24H32N6OS/c1-15-19(22-28-20-16(2)25-12-9-18(20)32-22)21(29-23(27-15)26-13-17-7-8-17)30-24(14-31-3)10-5-4-6-11-24/h9,12,17H,4-8,10-11,13-14H2,1-3H3,(H2,26,27,29,30). The Bertz CT molecular complexity index is 1100. The molecule has 0 aliphatic heterocycles. The summed E-state index contributed by atoms with van der Waals surface area (Å²) in [5.41, 5.74) is 3.73. The molecule has 0 unspecified atom stereocenters. The van der Waals surface area contributed by atoms with Gasteiger partial charge in [-0.05, 0) is 51.5 Å². The number of fused-ring (bicyclic) bond motifs is 1. The zero-order chi connectivity index (χ0) is 22.1. The van der Waals surface area contributed by atoms with Gasteiger partial charge in [-0.25, -0.2) is 9.97 Å². The second-order valence-corrected chi connectivity index (χ2v) is 10.4. The van der Waals surface area contributed by atoms with Gasteiger partial charge in [0.15, 0.2) is 0 Å². The first-order valence-electron chi connectivity index (χ1n) is 11.7. The Labute approximate surface area is 193 Å². The molecule has 2 aliphatic rings. The van der Waals surface area contributed by atoms with Crippen LogP contribution in [-0.2, 0) is 4.74 Å². The summed E-state index contributed by atoms with van der Waals surface area (Å²) >= 11 is 1.68. The van der Waals surface area contributed by atoms with Crippen molar-refractivity contribution in [3.8, 4) is 10.6 Å². The smallest absolute Gasteiger partial charge is 0.224 e. The van der Waals surface area contributed by atoms with Gasteiger partial charge in [0.25, 0.3) is 0 Å². The number of anilines is 2. The maximum absolute atomic E-state index is 5.67. The summed E-state index contributed by atoms with van der Waals surface area (Å²) in [7, 11) is 1.79. The molecule has 2 aliphatic carbocycles. The molecular weight excluding hydrogens is 420 g/mol. The molecule has 8 heteroatoms. The van der Waals surface area contributed by atoms with Crippen LogP contribution in [0.25, 0.3) is 20.8 Å². The Hall–Kier alpha value is -2.32. The number of ether oxygens (including phenoxy) is 1. The molecule has 7 nitrogen and oxygen atoms in total. The molecular formula is C24H32N6OS. The molecule has 0 bridgehead atoms. The highest BCUT2D eigenvalue weighted by Crippen LogP contribution is 2.40. The van der Waals surface area contributed by atoms with Crippen LogP contribution in [0, 0.1) is 19.8 Å². The van der Waals surface area contributed by atoms with Crippen LogP contribution in [0.1, 0.15) is 56.3 Å². The fourth-order valence-electron chi connectivity index (χ4n) is 4.71. The van der Waals surface area contributed by atoms with Crippen LogP contribution in [0.15, 0.2) is 12.3 Å². The number of rotatable bonds is 8. The fraction of sp³-hybridized carbons (Fsp3) is 0.583. The lowest BCUT2D eigenvalue weighted by Gasteiger charge is -2.38. The van der Waals surface area contributed by atoms with Gasteiger partial charge in [0.1, 0.15) is 16.3 Å². The molecule has 0 spiro atoms. The Morgan fingerprint density at radius 2 is 1.91 bits per heavy atom. The van der Waals surface area contributed by atoms with E-state index in [9.17, 15) is 0 Å². The van der Waals surface area contributed by atoms with Crippen LogP contribution in [0.3, 0.4) is 0 Å². The maximum atomic E-state index is 5.67. The maximum Gasteiger partial charge on any atom is 0.224 e. The monoisotopic (exact) mass is 452 g/mol. The Kier molecular flexibility index (Phi) is 5.99. The van der Waals surface area contributed by atoms with Gasteiger partial charge >= 0.3 is 0 Å². The van der Waals surface area contributed by atoms with E-state index in [1.54, 1.807) is 18.4 Å². The summed E-state index contributed by atoms with van der Waals surface area (Å²) in [6.45, 7) is 5.68. The third kappa shape index (κ3) is 4.43. The molecule has 3 aromatic rings. The number of pyridine rings is 1. The average Bonchev–Trinajstić information content (AvgIpc) is 3.50. The van der Waals surface area contributed by atoms with Gasteiger partial charge in [0.2, 0.25) is 5.95 Å². The minimum Gasteiger partial charge on any atom is -0.382 e. The van der Waals surface area contributed by atoms with E-state index in [1.165, 1.54) is 32.1 Å². The van der Waals surface area contributed by atoms with E-state index in [0.29, 0.717) is 12.6 Å². The summed E-state index contributed by atoms with van der Waals surface area (Å²) in [6, 6.07) is 2.03. The minimum absolute atomic E-state index is 0.107. The number of hydrogen-bond acceptors (Lipinski definition) is 8. The van der Waals surface area contributed by atoms with Gasteiger partial charge in [-0.2, -0.15) is 4.98 Å². The first kappa shape index (κ1) is 21.5. The first-order chi connectivity index (χ1) is 15.6. The van der Waals surface area contributed by atoms with Crippen molar-refractivity contribution in [3.63, 3.8) is 0 Å². The number of aryl methyl sites for hydroxylation is 2. The molecule has 5 rings (SSSR count). The summed E-state index contributed by atoms with van der Waals surface area (Å²) in [6.07, 6.45) is 10.3. The van der Waals surface area contributed by atoms with Crippen molar-refractivity contribution in [1.29, 1.82) is 0 Å². The molecule has 0 aromatic carbocycles. The zero-order valence-corrected chi connectivity index (χ0v) is 20.0. The lowest BCUT2D eigenvalue weighted by atomic mass is 9.82. The third-order valence-electron chi connectivity index (χ3n) is 6.65. The van der Waals surface area contributed by atoms with Crippen molar-refractivity contribution < 1.29 is 4.74 Å². The highest BCUT2D eigenvalue weighted by molar-refractivity contribution is 7.21. The van der Waals surface area contributed by atoms with Crippen molar-refractivity contribution in [2.45, 2.75) is 64.3 Å². The molecule has 3 heterocycles. The lowest BCUT2D eigenvalue weighted by molar-refractivity contribution is 0.119. The van der Waals surface area contributed by atoms with E-state index in [0.717, 1.165) is 63.3 Å². The van der Waals surface area contributed by atoms with Crippen LogP contribution in [0.5, 0.6) is 0 Å². The van der Waals surface area contributed by atoms with E-state index in [4.69, 9.17) is 19.7 Å². The first-order valence-corrected chi connectivity index (χ1v) is 12.5. The van der Waals surface area contributed by atoms with Crippen LogP contribution < -0.4 is 10.6 Å². The fourth-order valence-corrected chi connectivity index (χ4v) is 5.82. The normalized spacial score (nSPS) is 18.1. The lowest BCUT2D eigenvalue weighted by Crippen LogP contribution is -2.45. The largest absolute Gasteiger partial charge is 0.382 e. The molecule has 2 N–H and O–H groups in total. The molecule has 2 saturated carbocycles. The van der Waals surface area contributed by atoms with Gasteiger partial charge in [-0.15, -0.1) is 11.3 Å². The van der Waals surface area contributed by atoms with Crippen molar-refractivity contribution in [2.75, 3.05) is 30.9 Å². The van der Waals surface area contributed by atoms with Gasteiger partial charge in [0, 0.05) is 19.9 Å². The van der Waals surface area contributed by atoms with E-state index in [1.807, 2.05) is 19.2 Å². The number of nitrogens with zero attached hydrogens (tertiary/aromatic N) is 4. The van der Waals surface area contributed by atoms with Crippen molar-refractivity contribution in [1.82, 2.24) is 19.9 Å². The topological polar surface area (TPSA) is 84.9 Å². The van der Waals surface area contributed by atoms with Crippen LogP contribution in [0.2, 0.25) is 0 Å².